The van der Waals surface area contributed by atoms with Gasteiger partial charge in [-0.3, -0.25) is 4.90 Å². The van der Waals surface area contributed by atoms with Crippen LogP contribution < -0.4 is 4.74 Å². The molecule has 0 spiro atoms. The molecule has 35 heavy (non-hydrogen) atoms. The highest BCUT2D eigenvalue weighted by Gasteiger charge is 2.43. The summed E-state index contributed by atoms with van der Waals surface area (Å²) in [4.78, 5) is 2.54. The van der Waals surface area contributed by atoms with Gasteiger partial charge in [0.2, 0.25) is 0 Å². The Labute approximate surface area is 201 Å². The van der Waals surface area contributed by atoms with Gasteiger partial charge in [-0.1, -0.05) is 31.0 Å². The van der Waals surface area contributed by atoms with E-state index in [-0.39, 0.29) is 36.8 Å². The summed E-state index contributed by atoms with van der Waals surface area (Å²) in [5.41, 5.74) is 0.165. The predicted octanol–water partition coefficient (Wildman–Crippen LogP) is 8.27. The largest absolute Gasteiger partial charge is 0.490 e. The molecule has 3 fully saturated rings. The Morgan fingerprint density at radius 2 is 1.40 bits per heavy atom. The lowest BCUT2D eigenvalue weighted by atomic mass is 9.84. The van der Waals surface area contributed by atoms with Crippen LogP contribution in [0.1, 0.15) is 75.3 Å². The third-order valence-corrected chi connectivity index (χ3v) is 8.21. The lowest BCUT2D eigenvalue weighted by Crippen LogP contribution is -2.48. The number of nitrogens with zero attached hydrogens (tertiary/aromatic N) is 1. The lowest BCUT2D eigenvalue weighted by molar-refractivity contribution is -0.185. The number of alkyl halides is 6. The van der Waals surface area contributed by atoms with Crippen LogP contribution in [0.2, 0.25) is 0 Å². The molecule has 0 atom stereocenters. The molecule has 5 rings (SSSR count). The first-order valence-corrected chi connectivity index (χ1v) is 12.7. The Kier molecular flexibility index (Phi) is 6.70. The van der Waals surface area contributed by atoms with E-state index in [4.69, 9.17) is 4.74 Å². The third-order valence-electron chi connectivity index (χ3n) is 8.21. The number of benzene rings is 2. The van der Waals surface area contributed by atoms with Gasteiger partial charge in [-0.15, -0.1) is 0 Å². The number of rotatable bonds is 4. The molecule has 2 heterocycles. The van der Waals surface area contributed by atoms with E-state index < -0.39 is 29.9 Å². The van der Waals surface area contributed by atoms with Gasteiger partial charge in [0, 0.05) is 18.6 Å². The van der Waals surface area contributed by atoms with Gasteiger partial charge in [0.15, 0.2) is 0 Å². The third kappa shape index (κ3) is 5.27. The van der Waals surface area contributed by atoms with Gasteiger partial charge in [-0.05, 0) is 79.8 Å². The van der Waals surface area contributed by atoms with Crippen molar-refractivity contribution in [1.82, 2.24) is 4.90 Å². The number of piperidine rings is 2. The van der Waals surface area contributed by atoms with E-state index in [9.17, 15) is 26.3 Å². The number of halogens is 6. The maximum Gasteiger partial charge on any atom is 0.420 e. The van der Waals surface area contributed by atoms with Crippen LogP contribution in [-0.2, 0) is 12.7 Å². The van der Waals surface area contributed by atoms with Crippen LogP contribution in [0.4, 0.5) is 26.3 Å². The molecule has 192 valence electrons. The highest BCUT2D eigenvalue weighted by Crippen LogP contribution is 2.44. The van der Waals surface area contributed by atoms with E-state index in [1.807, 2.05) is 6.07 Å². The summed E-state index contributed by atoms with van der Waals surface area (Å²) in [5.74, 6) is -1.70. The van der Waals surface area contributed by atoms with Crippen LogP contribution in [0.5, 0.6) is 5.75 Å². The number of hydrogen-bond acceptors (Lipinski definition) is 2. The minimum atomic E-state index is -4.64. The first-order chi connectivity index (χ1) is 16.6. The normalized spacial score (nSPS) is 28.3. The molecule has 0 amide bonds. The van der Waals surface area contributed by atoms with E-state index in [1.54, 1.807) is 12.1 Å². The number of fused-ring (bicyclic) bond motifs is 3. The molecule has 0 unspecified atom stereocenters. The van der Waals surface area contributed by atoms with Gasteiger partial charge in [0.05, 0.1) is 12.0 Å². The average Bonchev–Trinajstić information content (AvgIpc) is 2.78. The summed E-state index contributed by atoms with van der Waals surface area (Å²) in [6.07, 6.45) is -2.35. The SMILES string of the molecule is FC(F)(F)c1c(O[C@H]2CC[C@@H](C(F)(F)F)CC2)ccc2cc(CN3C4CCCC3CCC4)ccc12. The minimum absolute atomic E-state index is 0.0709. The van der Waals surface area contributed by atoms with Crippen molar-refractivity contribution in [2.24, 2.45) is 5.92 Å². The number of hydrogen-bond donors (Lipinski definition) is 0. The standard InChI is InChI=1S/C27H31F6NO/c28-26(29,30)19-9-11-22(12-10-19)35-24-14-8-18-15-17(7-13-23(18)25(24)27(31,32)33)16-34-20-3-1-4-21(34)6-2-5-20/h7-8,13-15,19-22H,1-6,9-12,16H2/t19-,20?,21?,22+. The Morgan fingerprint density at radius 3 is 1.97 bits per heavy atom. The van der Waals surface area contributed by atoms with Gasteiger partial charge >= 0.3 is 12.4 Å². The van der Waals surface area contributed by atoms with Crippen LogP contribution in [-0.4, -0.2) is 29.3 Å². The molecule has 2 nitrogen and oxygen atoms in total. The van der Waals surface area contributed by atoms with Crippen molar-refractivity contribution < 1.29 is 31.1 Å². The van der Waals surface area contributed by atoms with Crippen molar-refractivity contribution in [3.63, 3.8) is 0 Å². The predicted molar refractivity (Wildman–Crippen MR) is 122 cm³/mol. The van der Waals surface area contributed by atoms with Gasteiger partial charge in [0.25, 0.3) is 0 Å². The van der Waals surface area contributed by atoms with E-state index in [0.717, 1.165) is 12.1 Å². The maximum absolute atomic E-state index is 14.1. The Hall–Kier alpha value is -1.96. The van der Waals surface area contributed by atoms with Crippen LogP contribution in [0, 0.1) is 5.92 Å². The first-order valence-electron chi connectivity index (χ1n) is 12.7. The Morgan fingerprint density at radius 1 is 0.771 bits per heavy atom. The molecular formula is C27H31F6NO. The highest BCUT2D eigenvalue weighted by atomic mass is 19.4. The summed E-state index contributed by atoms with van der Waals surface area (Å²) >= 11 is 0. The monoisotopic (exact) mass is 499 g/mol. The second-order valence-corrected chi connectivity index (χ2v) is 10.5. The van der Waals surface area contributed by atoms with Crippen molar-refractivity contribution in [3.05, 3.63) is 41.5 Å². The van der Waals surface area contributed by atoms with E-state index in [1.165, 1.54) is 50.7 Å². The Balaban J connectivity index is 1.37. The smallest absolute Gasteiger partial charge is 0.420 e. The van der Waals surface area contributed by atoms with E-state index in [0.29, 0.717) is 17.5 Å². The summed E-state index contributed by atoms with van der Waals surface area (Å²) in [5, 5.41) is 0.576. The number of ether oxygens (including phenoxy) is 1. The molecule has 1 aliphatic carbocycles. The minimum Gasteiger partial charge on any atom is -0.490 e. The molecule has 1 saturated carbocycles. The van der Waals surface area contributed by atoms with Gasteiger partial charge in [-0.25, -0.2) is 0 Å². The fraction of sp³-hybridized carbons (Fsp3) is 0.630. The van der Waals surface area contributed by atoms with Crippen LogP contribution >= 0.6 is 0 Å². The fourth-order valence-electron chi connectivity index (χ4n) is 6.43. The van der Waals surface area contributed by atoms with Crippen molar-refractivity contribution in [2.45, 2.75) is 101 Å². The quantitative estimate of drug-likeness (QED) is 0.393. The highest BCUT2D eigenvalue weighted by molar-refractivity contribution is 5.89. The van der Waals surface area contributed by atoms with E-state index in [2.05, 4.69) is 4.90 Å². The molecule has 0 radical (unpaired) electrons. The molecule has 8 heteroatoms. The Bertz CT molecular complexity index is 1020. The maximum atomic E-state index is 14.1. The molecule has 2 aromatic carbocycles. The fourth-order valence-corrected chi connectivity index (χ4v) is 6.43. The zero-order valence-corrected chi connectivity index (χ0v) is 19.6. The van der Waals surface area contributed by atoms with Crippen LogP contribution in [0.3, 0.4) is 0 Å². The van der Waals surface area contributed by atoms with Crippen molar-refractivity contribution in [3.8, 4) is 5.75 Å². The summed E-state index contributed by atoms with van der Waals surface area (Å²) in [6, 6.07) is 9.25. The van der Waals surface area contributed by atoms with Crippen molar-refractivity contribution in [1.29, 1.82) is 0 Å². The zero-order valence-electron chi connectivity index (χ0n) is 19.6. The van der Waals surface area contributed by atoms with Gasteiger partial charge in [0.1, 0.15) is 11.3 Å². The second-order valence-electron chi connectivity index (χ2n) is 10.5. The first kappa shape index (κ1) is 24.7. The van der Waals surface area contributed by atoms with Crippen molar-refractivity contribution in [2.75, 3.05) is 0 Å². The molecule has 2 aliphatic heterocycles. The lowest BCUT2D eigenvalue weighted by Gasteiger charge is -2.46. The second kappa shape index (κ2) is 9.49. The molecule has 2 bridgehead atoms. The van der Waals surface area contributed by atoms with Crippen molar-refractivity contribution >= 4 is 10.8 Å². The molecule has 2 aromatic rings. The summed E-state index contributed by atoms with van der Waals surface area (Å²) in [7, 11) is 0. The molecular weight excluding hydrogens is 468 g/mol. The molecule has 2 saturated heterocycles. The molecule has 3 aliphatic rings. The van der Waals surface area contributed by atoms with Gasteiger partial charge < -0.3 is 4.74 Å². The average molecular weight is 500 g/mol. The zero-order chi connectivity index (χ0) is 24.8. The van der Waals surface area contributed by atoms with Crippen LogP contribution in [0.25, 0.3) is 10.8 Å². The molecule has 0 aromatic heterocycles. The summed E-state index contributed by atoms with van der Waals surface area (Å²) < 4.78 is 87.0. The van der Waals surface area contributed by atoms with Gasteiger partial charge in [-0.2, -0.15) is 26.3 Å². The summed E-state index contributed by atoms with van der Waals surface area (Å²) in [6.45, 7) is 0.743. The van der Waals surface area contributed by atoms with Crippen LogP contribution in [0.15, 0.2) is 30.3 Å². The topological polar surface area (TPSA) is 12.5 Å². The molecule has 0 N–H and O–H groups in total. The van der Waals surface area contributed by atoms with E-state index >= 15 is 0 Å².